The van der Waals surface area contributed by atoms with E-state index < -0.39 is 5.60 Å². The number of anilines is 1. The fourth-order valence-corrected chi connectivity index (χ4v) is 5.66. The molecule has 2 N–H and O–H groups in total. The predicted octanol–water partition coefficient (Wildman–Crippen LogP) is 4.68. The first-order valence-electron chi connectivity index (χ1n) is 11.4. The van der Waals surface area contributed by atoms with Crippen molar-refractivity contribution in [1.29, 1.82) is 0 Å². The third-order valence-electron chi connectivity index (χ3n) is 7.12. The van der Waals surface area contributed by atoms with Crippen LogP contribution in [0.3, 0.4) is 0 Å². The lowest BCUT2D eigenvalue weighted by Gasteiger charge is -2.50. The number of halogens is 1. The van der Waals surface area contributed by atoms with Gasteiger partial charge in [-0.25, -0.2) is 4.98 Å². The lowest BCUT2D eigenvalue weighted by atomic mass is 9.59. The van der Waals surface area contributed by atoms with Crippen LogP contribution in [0, 0.1) is 12.3 Å². The first kappa shape index (κ1) is 23.9. The van der Waals surface area contributed by atoms with E-state index in [1.54, 1.807) is 12.1 Å². The van der Waals surface area contributed by atoms with Crippen molar-refractivity contribution in [2.75, 3.05) is 19.0 Å². The molecule has 0 unspecified atom stereocenters. The van der Waals surface area contributed by atoms with Gasteiger partial charge < -0.3 is 14.6 Å². The number of methoxy groups -OCH3 is 1. The van der Waals surface area contributed by atoms with Crippen LogP contribution in [0.2, 0.25) is 5.15 Å². The van der Waals surface area contributed by atoms with Gasteiger partial charge in [0.25, 0.3) is 11.1 Å². The molecular formula is C24H26ClN5O4S. The Kier molecular flexibility index (Phi) is 6.37. The van der Waals surface area contributed by atoms with Gasteiger partial charge in [0.05, 0.1) is 31.1 Å². The minimum Gasteiger partial charge on any atom is -0.494 e. The van der Waals surface area contributed by atoms with Crippen molar-refractivity contribution in [2.45, 2.75) is 51.0 Å². The number of carbonyl (C=O) groups excluding carboxylic acids is 1. The average molecular weight is 516 g/mol. The lowest BCUT2D eigenvalue weighted by Crippen LogP contribution is -2.48. The summed E-state index contributed by atoms with van der Waals surface area (Å²) in [5.74, 6) is 0.103. The summed E-state index contributed by atoms with van der Waals surface area (Å²) in [5, 5.41) is 22.4. The Labute approximate surface area is 211 Å². The molecule has 3 aliphatic rings. The Bertz CT molecular complexity index is 1240. The Balaban J connectivity index is 1.30. The van der Waals surface area contributed by atoms with Gasteiger partial charge in [-0.2, -0.15) is 0 Å². The molecule has 11 heteroatoms. The number of amides is 1. The second-order valence-electron chi connectivity index (χ2n) is 9.42. The van der Waals surface area contributed by atoms with Crippen molar-refractivity contribution >= 4 is 34.0 Å². The minimum absolute atomic E-state index is 0.0902. The number of nitrogens with zero attached hydrogens (tertiary/aromatic N) is 4. The van der Waals surface area contributed by atoms with E-state index in [1.165, 1.54) is 30.8 Å². The molecule has 184 valence electrons. The van der Waals surface area contributed by atoms with Gasteiger partial charge in [0.15, 0.2) is 0 Å². The molecule has 0 aromatic carbocycles. The molecule has 3 aromatic heterocycles. The maximum Gasteiger partial charge on any atom is 0.295 e. The second-order valence-corrected chi connectivity index (χ2v) is 10.7. The molecule has 35 heavy (non-hydrogen) atoms. The summed E-state index contributed by atoms with van der Waals surface area (Å²) < 4.78 is 11.4. The highest BCUT2D eigenvalue weighted by Crippen LogP contribution is 2.52. The number of aryl methyl sites for hydroxylation is 1. The molecular weight excluding hydrogens is 490 g/mol. The van der Waals surface area contributed by atoms with E-state index in [4.69, 9.17) is 21.1 Å². The van der Waals surface area contributed by atoms with Gasteiger partial charge in [-0.3, -0.25) is 15.1 Å². The first-order valence-corrected chi connectivity index (χ1v) is 12.6. The van der Waals surface area contributed by atoms with Gasteiger partial charge in [0.2, 0.25) is 5.13 Å². The highest BCUT2D eigenvalue weighted by atomic mass is 35.5. The van der Waals surface area contributed by atoms with E-state index in [0.29, 0.717) is 39.4 Å². The molecule has 0 radical (unpaired) electrons. The Morgan fingerprint density at radius 2 is 1.86 bits per heavy atom. The van der Waals surface area contributed by atoms with E-state index in [-0.39, 0.29) is 16.5 Å². The van der Waals surface area contributed by atoms with E-state index in [9.17, 15) is 9.90 Å². The van der Waals surface area contributed by atoms with Crippen molar-refractivity contribution < 1.29 is 19.4 Å². The number of hydrogen-bond donors (Lipinski definition) is 2. The summed E-state index contributed by atoms with van der Waals surface area (Å²) in [5.41, 5.74) is 1.94. The predicted molar refractivity (Wildman–Crippen MR) is 132 cm³/mol. The molecule has 0 saturated heterocycles. The van der Waals surface area contributed by atoms with Crippen LogP contribution < -0.4 is 14.8 Å². The number of nitrogens with one attached hydrogen (secondary N) is 1. The summed E-state index contributed by atoms with van der Waals surface area (Å²) in [7, 11) is 1.53. The van der Waals surface area contributed by atoms with Gasteiger partial charge in [-0.1, -0.05) is 16.7 Å². The molecule has 3 heterocycles. The zero-order chi connectivity index (χ0) is 24.6. The van der Waals surface area contributed by atoms with Crippen LogP contribution in [0.15, 0.2) is 24.5 Å². The Morgan fingerprint density at radius 3 is 2.57 bits per heavy atom. The number of aromatic nitrogens is 4. The van der Waals surface area contributed by atoms with Crippen LogP contribution in [0.4, 0.5) is 5.13 Å². The molecule has 3 fully saturated rings. The number of aliphatic hydroxyl groups is 1. The number of rotatable bonds is 7. The summed E-state index contributed by atoms with van der Waals surface area (Å²) >= 11 is 7.30. The third kappa shape index (κ3) is 4.96. The van der Waals surface area contributed by atoms with E-state index in [1.807, 2.05) is 6.92 Å². The largest absolute Gasteiger partial charge is 0.494 e. The van der Waals surface area contributed by atoms with Crippen LogP contribution in [0.1, 0.15) is 54.6 Å². The number of carbonyl (C=O) groups is 1. The lowest BCUT2D eigenvalue weighted by molar-refractivity contribution is -0.103. The zero-order valence-corrected chi connectivity index (χ0v) is 21.1. The van der Waals surface area contributed by atoms with E-state index in [2.05, 4.69) is 25.5 Å². The molecule has 1 amide bonds. The number of pyridine rings is 2. The standard InChI is InChI=1S/C24H26ClN5O4S/c1-14-9-15(16-10-19(25)27-12-18(16)33-2)17(11-26-14)20(31)28-21-29-30-22(35-21)34-13-23-3-6-24(32,7-4-23)8-5-23/h9-12,32H,3-8,13H2,1-2H3,(H,28,29,31). The van der Waals surface area contributed by atoms with Gasteiger partial charge in [-0.05, 0) is 68.9 Å². The van der Waals surface area contributed by atoms with Crippen molar-refractivity contribution in [3.8, 4) is 22.1 Å². The quantitative estimate of drug-likeness (QED) is 0.435. The first-order chi connectivity index (χ1) is 16.8. The highest BCUT2D eigenvalue weighted by Gasteiger charge is 2.48. The topological polar surface area (TPSA) is 119 Å². The van der Waals surface area contributed by atoms with Crippen molar-refractivity contribution in [3.05, 3.63) is 40.9 Å². The molecule has 6 rings (SSSR count). The fraction of sp³-hybridized carbons (Fsp3) is 0.458. The smallest absolute Gasteiger partial charge is 0.295 e. The Morgan fingerprint density at radius 1 is 1.11 bits per heavy atom. The molecule has 0 aliphatic heterocycles. The SMILES string of the molecule is COc1cnc(Cl)cc1-c1cc(C)ncc1C(=O)Nc1nnc(OCC23CCC(O)(CC2)CC3)s1. The van der Waals surface area contributed by atoms with Crippen molar-refractivity contribution in [3.63, 3.8) is 0 Å². The molecule has 0 spiro atoms. The molecule has 9 nitrogen and oxygen atoms in total. The summed E-state index contributed by atoms with van der Waals surface area (Å²) in [6, 6.07) is 3.45. The summed E-state index contributed by atoms with van der Waals surface area (Å²) in [6.45, 7) is 2.38. The van der Waals surface area contributed by atoms with Crippen molar-refractivity contribution in [2.24, 2.45) is 5.41 Å². The van der Waals surface area contributed by atoms with Crippen LogP contribution >= 0.6 is 22.9 Å². The van der Waals surface area contributed by atoms with Crippen LogP contribution in [0.25, 0.3) is 11.1 Å². The number of hydrogen-bond acceptors (Lipinski definition) is 9. The Hall–Kier alpha value is -2.82. The average Bonchev–Trinajstić information content (AvgIpc) is 3.31. The zero-order valence-electron chi connectivity index (χ0n) is 19.5. The van der Waals surface area contributed by atoms with Crippen LogP contribution in [-0.2, 0) is 0 Å². The maximum absolute atomic E-state index is 13.2. The summed E-state index contributed by atoms with van der Waals surface area (Å²) in [4.78, 5) is 21.5. The van der Waals surface area contributed by atoms with E-state index >= 15 is 0 Å². The van der Waals surface area contributed by atoms with Gasteiger partial charge >= 0.3 is 0 Å². The van der Waals surface area contributed by atoms with Gasteiger partial charge in [0.1, 0.15) is 10.9 Å². The normalized spacial score (nSPS) is 23.2. The number of fused-ring (bicyclic) bond motifs is 3. The minimum atomic E-state index is -0.475. The van der Waals surface area contributed by atoms with Crippen LogP contribution in [-0.4, -0.2) is 50.5 Å². The third-order valence-corrected chi connectivity index (χ3v) is 8.08. The fourth-order valence-electron chi connectivity index (χ4n) is 4.91. The molecule has 2 bridgehead atoms. The molecule has 0 atom stereocenters. The van der Waals surface area contributed by atoms with Gasteiger partial charge in [0, 0.05) is 28.4 Å². The van der Waals surface area contributed by atoms with Crippen LogP contribution in [0.5, 0.6) is 10.9 Å². The molecule has 3 aliphatic carbocycles. The molecule has 3 aromatic rings. The second kappa shape index (κ2) is 9.33. The highest BCUT2D eigenvalue weighted by molar-refractivity contribution is 7.17. The number of ether oxygens (including phenoxy) is 2. The monoisotopic (exact) mass is 515 g/mol. The van der Waals surface area contributed by atoms with Crippen molar-refractivity contribution in [1.82, 2.24) is 20.2 Å². The van der Waals surface area contributed by atoms with E-state index in [0.717, 1.165) is 44.2 Å². The van der Waals surface area contributed by atoms with Gasteiger partial charge in [-0.15, -0.1) is 5.10 Å². The maximum atomic E-state index is 13.2. The molecule has 3 saturated carbocycles. The summed E-state index contributed by atoms with van der Waals surface area (Å²) in [6.07, 6.45) is 8.38.